The number of aromatic nitrogens is 2. The number of piperidine rings is 1. The van der Waals surface area contributed by atoms with Crippen molar-refractivity contribution in [3.63, 3.8) is 0 Å². The first-order valence-electron chi connectivity index (χ1n) is 9.11. The number of carbonyl (C=O) groups excluding carboxylic acids is 3. The van der Waals surface area contributed by atoms with Gasteiger partial charge in [-0.15, -0.1) is 22.0 Å². The number of anilines is 2. The molecule has 11 heteroatoms. The van der Waals surface area contributed by atoms with Crippen LogP contribution in [0.15, 0.2) is 28.6 Å². The van der Waals surface area contributed by atoms with Crippen LogP contribution in [0.4, 0.5) is 10.8 Å². The maximum Gasteiger partial charge on any atom is 0.238 e. The Labute approximate surface area is 180 Å². The third-order valence-corrected chi connectivity index (χ3v) is 7.05. The van der Waals surface area contributed by atoms with Gasteiger partial charge in [0.05, 0.1) is 10.9 Å². The van der Waals surface area contributed by atoms with E-state index in [4.69, 9.17) is 11.6 Å². The van der Waals surface area contributed by atoms with Gasteiger partial charge in [-0.25, -0.2) is 0 Å². The number of benzene rings is 1. The maximum atomic E-state index is 12.7. The highest BCUT2D eigenvalue weighted by Crippen LogP contribution is 2.38. The van der Waals surface area contributed by atoms with E-state index in [1.54, 1.807) is 22.5 Å². The normalized spacial score (nSPS) is 19.4. The standard InChI is InChI=1S/C18H18ClN5O3S2/c19-11-1-2-13-12(7-11)21-17(27)14(29-13)8-15(25)24-5-3-10(4-6-24)16(26)22-18-23-20-9-28-18/h1-2,7,9-10,14H,3-6,8H2,(H,21,27)(H,22,23,26). The van der Waals surface area contributed by atoms with Gasteiger partial charge in [0.15, 0.2) is 0 Å². The van der Waals surface area contributed by atoms with Gasteiger partial charge in [0.25, 0.3) is 0 Å². The molecule has 1 aromatic carbocycles. The minimum Gasteiger partial charge on any atom is -0.343 e. The third-order valence-electron chi connectivity index (χ3n) is 4.93. The highest BCUT2D eigenvalue weighted by atomic mass is 35.5. The molecule has 0 spiro atoms. The number of nitrogens with zero attached hydrogens (tertiary/aromatic N) is 3. The number of hydrogen-bond donors (Lipinski definition) is 2. The van der Waals surface area contributed by atoms with Crippen molar-refractivity contribution in [2.24, 2.45) is 5.92 Å². The van der Waals surface area contributed by atoms with Gasteiger partial charge >= 0.3 is 0 Å². The summed E-state index contributed by atoms with van der Waals surface area (Å²) in [6, 6.07) is 5.32. The van der Waals surface area contributed by atoms with Crippen LogP contribution in [-0.4, -0.2) is 51.2 Å². The zero-order chi connectivity index (χ0) is 20.4. The number of amides is 3. The lowest BCUT2D eigenvalue weighted by atomic mass is 9.95. The van der Waals surface area contributed by atoms with Gasteiger partial charge in [-0.05, 0) is 31.0 Å². The summed E-state index contributed by atoms with van der Waals surface area (Å²) in [7, 11) is 0. The van der Waals surface area contributed by atoms with Crippen molar-refractivity contribution in [3.05, 3.63) is 28.7 Å². The van der Waals surface area contributed by atoms with Gasteiger partial charge in [0.1, 0.15) is 5.51 Å². The van der Waals surface area contributed by atoms with E-state index in [9.17, 15) is 14.4 Å². The van der Waals surface area contributed by atoms with Gasteiger partial charge < -0.3 is 15.5 Å². The first-order valence-corrected chi connectivity index (χ1v) is 11.2. The molecule has 0 radical (unpaired) electrons. The van der Waals surface area contributed by atoms with Crippen LogP contribution in [0.25, 0.3) is 0 Å². The van der Waals surface area contributed by atoms with E-state index in [-0.39, 0.29) is 30.1 Å². The topological polar surface area (TPSA) is 104 Å². The second-order valence-electron chi connectivity index (χ2n) is 6.83. The van der Waals surface area contributed by atoms with E-state index in [1.165, 1.54) is 23.1 Å². The molecular weight excluding hydrogens is 434 g/mol. The fourth-order valence-electron chi connectivity index (χ4n) is 3.37. The predicted molar refractivity (Wildman–Crippen MR) is 112 cm³/mol. The monoisotopic (exact) mass is 451 g/mol. The van der Waals surface area contributed by atoms with E-state index in [0.29, 0.717) is 41.8 Å². The van der Waals surface area contributed by atoms with Crippen LogP contribution < -0.4 is 10.6 Å². The molecule has 0 bridgehead atoms. The molecule has 2 N–H and O–H groups in total. The Balaban J connectivity index is 1.29. The van der Waals surface area contributed by atoms with Crippen LogP contribution in [0.2, 0.25) is 5.02 Å². The summed E-state index contributed by atoms with van der Waals surface area (Å²) >= 11 is 8.61. The van der Waals surface area contributed by atoms with Crippen molar-refractivity contribution in [2.75, 3.05) is 23.7 Å². The van der Waals surface area contributed by atoms with Gasteiger partial charge in [0.2, 0.25) is 22.9 Å². The molecule has 4 rings (SSSR count). The first kappa shape index (κ1) is 20.1. The second-order valence-corrected chi connectivity index (χ2v) is 9.34. The van der Waals surface area contributed by atoms with Crippen LogP contribution in [0.1, 0.15) is 19.3 Å². The lowest BCUT2D eigenvalue weighted by Gasteiger charge is -2.32. The fourth-order valence-corrected chi connectivity index (χ4v) is 5.07. The zero-order valence-electron chi connectivity index (χ0n) is 15.3. The molecule has 2 aliphatic heterocycles. The molecule has 3 amide bonds. The van der Waals surface area contributed by atoms with Crippen molar-refractivity contribution < 1.29 is 14.4 Å². The lowest BCUT2D eigenvalue weighted by Crippen LogP contribution is -2.43. The van der Waals surface area contributed by atoms with Crippen LogP contribution in [0.3, 0.4) is 0 Å². The molecule has 1 fully saturated rings. The van der Waals surface area contributed by atoms with Gasteiger partial charge in [0, 0.05) is 35.3 Å². The quantitative estimate of drug-likeness (QED) is 0.740. The summed E-state index contributed by atoms with van der Waals surface area (Å²) in [5.74, 6) is -0.513. The summed E-state index contributed by atoms with van der Waals surface area (Å²) in [4.78, 5) is 40.0. The Morgan fingerprint density at radius 2 is 2.10 bits per heavy atom. The molecule has 1 saturated heterocycles. The molecule has 152 valence electrons. The molecule has 2 aromatic rings. The third kappa shape index (κ3) is 4.71. The summed E-state index contributed by atoms with van der Waals surface area (Å²) in [5.41, 5.74) is 2.24. The Kier molecular flexibility index (Phi) is 6.02. The van der Waals surface area contributed by atoms with Crippen molar-refractivity contribution in [1.82, 2.24) is 15.1 Å². The summed E-state index contributed by atoms with van der Waals surface area (Å²) in [5, 5.41) is 13.6. The molecule has 0 saturated carbocycles. The van der Waals surface area contributed by atoms with Gasteiger partial charge in [-0.1, -0.05) is 22.9 Å². The Hall–Kier alpha value is -2.17. The molecule has 1 atom stereocenters. The highest BCUT2D eigenvalue weighted by molar-refractivity contribution is 8.01. The number of hydrogen-bond acceptors (Lipinski definition) is 7. The smallest absolute Gasteiger partial charge is 0.238 e. The summed E-state index contributed by atoms with van der Waals surface area (Å²) in [6.07, 6.45) is 1.30. The Morgan fingerprint density at radius 1 is 1.31 bits per heavy atom. The van der Waals surface area contributed by atoms with E-state index in [1.807, 2.05) is 6.07 Å². The van der Waals surface area contributed by atoms with Crippen LogP contribution in [0, 0.1) is 5.92 Å². The van der Waals surface area contributed by atoms with Crippen molar-refractivity contribution in [3.8, 4) is 0 Å². The first-order chi connectivity index (χ1) is 14.0. The second kappa shape index (κ2) is 8.68. The molecule has 8 nitrogen and oxygen atoms in total. The predicted octanol–water partition coefficient (Wildman–Crippen LogP) is 2.87. The largest absolute Gasteiger partial charge is 0.343 e. The van der Waals surface area contributed by atoms with E-state index >= 15 is 0 Å². The number of halogens is 1. The molecule has 1 aromatic heterocycles. The summed E-state index contributed by atoms with van der Waals surface area (Å²) in [6.45, 7) is 0.997. The van der Waals surface area contributed by atoms with E-state index in [0.717, 1.165) is 4.90 Å². The number of thioether (sulfide) groups is 1. The molecular formula is C18H18ClN5O3S2. The average Bonchev–Trinajstić information content (AvgIpc) is 3.22. The molecule has 3 heterocycles. The summed E-state index contributed by atoms with van der Waals surface area (Å²) < 4.78 is 0. The molecule has 1 unspecified atom stereocenters. The average molecular weight is 452 g/mol. The van der Waals surface area contributed by atoms with Crippen molar-refractivity contribution >= 4 is 63.2 Å². The minimum atomic E-state index is -0.477. The lowest BCUT2D eigenvalue weighted by molar-refractivity contribution is -0.135. The van der Waals surface area contributed by atoms with Gasteiger partial charge in [-0.3, -0.25) is 14.4 Å². The SMILES string of the molecule is O=C(Nc1nncs1)C1CCN(C(=O)CC2Sc3ccc(Cl)cc3NC2=O)CC1. The Morgan fingerprint density at radius 3 is 2.83 bits per heavy atom. The highest BCUT2D eigenvalue weighted by Gasteiger charge is 2.33. The number of fused-ring (bicyclic) bond motifs is 1. The maximum absolute atomic E-state index is 12.7. The number of rotatable bonds is 4. The minimum absolute atomic E-state index is 0.0713. The van der Waals surface area contributed by atoms with Crippen molar-refractivity contribution in [2.45, 2.75) is 29.4 Å². The number of likely N-dealkylation sites (tertiary alicyclic amines) is 1. The fraction of sp³-hybridized carbons (Fsp3) is 0.389. The van der Waals surface area contributed by atoms with E-state index < -0.39 is 5.25 Å². The van der Waals surface area contributed by atoms with Crippen LogP contribution in [-0.2, 0) is 14.4 Å². The number of carbonyl (C=O) groups is 3. The molecule has 2 aliphatic rings. The van der Waals surface area contributed by atoms with E-state index in [2.05, 4.69) is 20.8 Å². The van der Waals surface area contributed by atoms with Crippen molar-refractivity contribution in [1.29, 1.82) is 0 Å². The van der Waals surface area contributed by atoms with Gasteiger partial charge in [-0.2, -0.15) is 0 Å². The van der Waals surface area contributed by atoms with Crippen LogP contribution >= 0.6 is 34.7 Å². The van der Waals surface area contributed by atoms with Crippen LogP contribution in [0.5, 0.6) is 0 Å². The molecule has 29 heavy (non-hydrogen) atoms. The molecule has 0 aliphatic carbocycles. The number of nitrogens with one attached hydrogen (secondary N) is 2. The Bertz CT molecular complexity index is 932. The zero-order valence-corrected chi connectivity index (χ0v) is 17.6.